The van der Waals surface area contributed by atoms with E-state index in [0.29, 0.717) is 17.0 Å². The van der Waals surface area contributed by atoms with Gasteiger partial charge in [0.25, 0.3) is 5.91 Å². The van der Waals surface area contributed by atoms with E-state index in [1.165, 1.54) is 32.4 Å². The molecule has 2 aromatic rings. The van der Waals surface area contributed by atoms with Crippen LogP contribution in [0.3, 0.4) is 0 Å². The van der Waals surface area contributed by atoms with Gasteiger partial charge in [-0.25, -0.2) is 9.69 Å². The normalized spacial score (nSPS) is 14.7. The van der Waals surface area contributed by atoms with Gasteiger partial charge in [0.2, 0.25) is 5.91 Å². The number of imide groups is 1. The number of rotatable bonds is 6. The summed E-state index contributed by atoms with van der Waals surface area (Å²) in [6.07, 6.45) is 1.40. The maximum absolute atomic E-state index is 12.5. The van der Waals surface area contributed by atoms with Crippen molar-refractivity contribution in [2.45, 2.75) is 0 Å². The first-order valence-corrected chi connectivity index (χ1v) is 8.57. The fraction of sp³-hybridized carbons (Fsp3) is 0.150. The Labute approximate surface area is 166 Å². The van der Waals surface area contributed by atoms with E-state index < -0.39 is 24.4 Å². The standard InChI is InChI=1S/C20H19N3O6/c1-28-16-6-4-3-5-13(16)21-18(25)11-23-19(26)14(22-20(23)27)9-12-7-8-17(29-2)15(24)10-12/h3-10,24H,11H2,1-2H3,(H,21,25)(H,22,27)/b14-9+. The van der Waals surface area contributed by atoms with E-state index in [2.05, 4.69) is 10.6 Å². The summed E-state index contributed by atoms with van der Waals surface area (Å²) >= 11 is 0. The van der Waals surface area contributed by atoms with Crippen LogP contribution in [0, 0.1) is 0 Å². The topological polar surface area (TPSA) is 117 Å². The Morgan fingerprint density at radius 2 is 1.86 bits per heavy atom. The SMILES string of the molecule is COc1ccc(/C=C2/NC(=O)N(CC(=O)Nc3ccccc3OC)C2=O)cc1O. The number of anilines is 1. The summed E-state index contributed by atoms with van der Waals surface area (Å²) in [5.74, 6) is -0.574. The van der Waals surface area contributed by atoms with E-state index >= 15 is 0 Å². The van der Waals surface area contributed by atoms with Crippen LogP contribution in [0.2, 0.25) is 0 Å². The van der Waals surface area contributed by atoms with E-state index in [-0.39, 0.29) is 17.2 Å². The van der Waals surface area contributed by atoms with E-state index in [4.69, 9.17) is 9.47 Å². The van der Waals surface area contributed by atoms with Crippen molar-refractivity contribution < 1.29 is 29.0 Å². The predicted molar refractivity (Wildman–Crippen MR) is 105 cm³/mol. The number of phenols is 1. The lowest BCUT2D eigenvalue weighted by Crippen LogP contribution is -2.38. The van der Waals surface area contributed by atoms with Crippen LogP contribution in [0.25, 0.3) is 6.08 Å². The van der Waals surface area contributed by atoms with E-state index in [0.717, 1.165) is 4.90 Å². The van der Waals surface area contributed by atoms with Gasteiger partial charge >= 0.3 is 6.03 Å². The highest BCUT2D eigenvalue weighted by atomic mass is 16.5. The highest BCUT2D eigenvalue weighted by molar-refractivity contribution is 6.16. The van der Waals surface area contributed by atoms with Gasteiger partial charge in [-0.15, -0.1) is 0 Å². The number of amides is 4. The van der Waals surface area contributed by atoms with Gasteiger partial charge < -0.3 is 25.2 Å². The second-order valence-corrected chi connectivity index (χ2v) is 6.06. The summed E-state index contributed by atoms with van der Waals surface area (Å²) in [5, 5.41) is 14.9. The number of urea groups is 1. The number of aromatic hydroxyl groups is 1. The third-order valence-electron chi connectivity index (χ3n) is 4.16. The zero-order valence-electron chi connectivity index (χ0n) is 15.8. The van der Waals surface area contributed by atoms with Crippen molar-refractivity contribution in [1.29, 1.82) is 0 Å². The molecule has 150 valence electrons. The molecule has 3 N–H and O–H groups in total. The molecule has 0 aliphatic carbocycles. The van der Waals surface area contributed by atoms with Crippen LogP contribution >= 0.6 is 0 Å². The van der Waals surface area contributed by atoms with Gasteiger partial charge in [0, 0.05) is 0 Å². The number of hydrogen-bond donors (Lipinski definition) is 3. The Morgan fingerprint density at radius 1 is 1.14 bits per heavy atom. The molecule has 0 spiro atoms. The maximum atomic E-state index is 12.5. The average Bonchev–Trinajstić information content (AvgIpc) is 2.96. The maximum Gasteiger partial charge on any atom is 0.329 e. The van der Waals surface area contributed by atoms with Crippen LogP contribution in [0.15, 0.2) is 48.2 Å². The number of para-hydroxylation sites is 2. The summed E-state index contributed by atoms with van der Waals surface area (Å²) in [5.41, 5.74) is 0.897. The van der Waals surface area contributed by atoms with Crippen LogP contribution in [0.4, 0.5) is 10.5 Å². The van der Waals surface area contributed by atoms with Crippen LogP contribution in [-0.2, 0) is 9.59 Å². The molecule has 9 nitrogen and oxygen atoms in total. The summed E-state index contributed by atoms with van der Waals surface area (Å²) in [6, 6.07) is 10.6. The van der Waals surface area contributed by atoms with E-state index in [1.807, 2.05) is 0 Å². The van der Waals surface area contributed by atoms with Crippen molar-refractivity contribution in [2.24, 2.45) is 0 Å². The third-order valence-corrected chi connectivity index (χ3v) is 4.16. The molecule has 0 unspecified atom stereocenters. The molecule has 0 atom stereocenters. The Bertz CT molecular complexity index is 1000. The minimum Gasteiger partial charge on any atom is -0.504 e. The molecule has 1 fully saturated rings. The molecule has 1 heterocycles. The molecule has 3 rings (SSSR count). The highest BCUT2D eigenvalue weighted by Crippen LogP contribution is 2.27. The zero-order valence-corrected chi connectivity index (χ0v) is 15.8. The first-order valence-electron chi connectivity index (χ1n) is 8.57. The number of nitrogens with zero attached hydrogens (tertiary/aromatic N) is 1. The van der Waals surface area contributed by atoms with Gasteiger partial charge in [-0.3, -0.25) is 9.59 Å². The third kappa shape index (κ3) is 4.29. The average molecular weight is 397 g/mol. The fourth-order valence-corrected chi connectivity index (χ4v) is 2.76. The van der Waals surface area contributed by atoms with Crippen LogP contribution in [0.1, 0.15) is 5.56 Å². The largest absolute Gasteiger partial charge is 0.504 e. The second kappa shape index (κ2) is 8.34. The molecular formula is C20H19N3O6. The zero-order chi connectivity index (χ0) is 21.0. The molecule has 1 aliphatic rings. The molecule has 1 saturated heterocycles. The molecule has 29 heavy (non-hydrogen) atoms. The van der Waals surface area contributed by atoms with Crippen molar-refractivity contribution in [3.8, 4) is 17.2 Å². The van der Waals surface area contributed by atoms with Crippen LogP contribution < -0.4 is 20.1 Å². The fourth-order valence-electron chi connectivity index (χ4n) is 2.76. The Kier molecular flexibility index (Phi) is 5.68. The van der Waals surface area contributed by atoms with E-state index in [1.54, 1.807) is 30.3 Å². The highest BCUT2D eigenvalue weighted by Gasteiger charge is 2.35. The number of carbonyl (C=O) groups is 3. The van der Waals surface area contributed by atoms with Gasteiger partial charge in [0.05, 0.1) is 19.9 Å². The molecule has 9 heteroatoms. The van der Waals surface area contributed by atoms with Gasteiger partial charge in [0.15, 0.2) is 11.5 Å². The van der Waals surface area contributed by atoms with Crippen molar-refractivity contribution in [3.63, 3.8) is 0 Å². The predicted octanol–water partition coefficient (Wildman–Crippen LogP) is 1.94. The van der Waals surface area contributed by atoms with Crippen molar-refractivity contribution in [2.75, 3.05) is 26.1 Å². The smallest absolute Gasteiger partial charge is 0.329 e. The number of nitrogens with one attached hydrogen (secondary N) is 2. The second-order valence-electron chi connectivity index (χ2n) is 6.06. The molecule has 0 bridgehead atoms. The summed E-state index contributed by atoms with van der Waals surface area (Å²) in [7, 11) is 2.89. The molecule has 4 amide bonds. The number of benzene rings is 2. The monoisotopic (exact) mass is 397 g/mol. The van der Waals surface area contributed by atoms with Crippen molar-refractivity contribution in [3.05, 3.63) is 53.7 Å². The van der Waals surface area contributed by atoms with Crippen molar-refractivity contribution >= 4 is 29.6 Å². The Hall–Kier alpha value is -4.01. The molecular weight excluding hydrogens is 378 g/mol. The number of ether oxygens (including phenoxy) is 2. The van der Waals surface area contributed by atoms with Gasteiger partial charge in [0.1, 0.15) is 18.0 Å². The minimum absolute atomic E-state index is 0.00958. The van der Waals surface area contributed by atoms with Crippen molar-refractivity contribution in [1.82, 2.24) is 10.2 Å². The number of hydrogen-bond acceptors (Lipinski definition) is 6. The number of phenolic OH excluding ortho intramolecular Hbond substituents is 1. The van der Waals surface area contributed by atoms with Gasteiger partial charge in [-0.1, -0.05) is 18.2 Å². The molecule has 0 saturated carbocycles. The molecule has 1 aliphatic heterocycles. The van der Waals surface area contributed by atoms with Gasteiger partial charge in [-0.2, -0.15) is 0 Å². The molecule has 0 radical (unpaired) electrons. The molecule has 2 aromatic carbocycles. The van der Waals surface area contributed by atoms with Crippen LogP contribution in [-0.4, -0.2) is 48.6 Å². The first-order chi connectivity index (χ1) is 13.9. The Balaban J connectivity index is 1.72. The minimum atomic E-state index is -0.714. The lowest BCUT2D eigenvalue weighted by atomic mass is 10.1. The lowest BCUT2D eigenvalue weighted by molar-refractivity contribution is -0.127. The first kappa shape index (κ1) is 19.7. The van der Waals surface area contributed by atoms with Crippen LogP contribution in [0.5, 0.6) is 17.2 Å². The summed E-state index contributed by atoms with van der Waals surface area (Å²) in [6.45, 7) is -0.464. The summed E-state index contributed by atoms with van der Waals surface area (Å²) in [4.78, 5) is 37.8. The lowest BCUT2D eigenvalue weighted by Gasteiger charge is -2.13. The number of carbonyl (C=O) groups excluding carboxylic acids is 3. The van der Waals surface area contributed by atoms with Gasteiger partial charge in [-0.05, 0) is 35.9 Å². The van der Waals surface area contributed by atoms with E-state index in [9.17, 15) is 19.5 Å². The number of methoxy groups -OCH3 is 2. The Morgan fingerprint density at radius 3 is 2.55 bits per heavy atom. The molecule has 0 aromatic heterocycles. The quantitative estimate of drug-likeness (QED) is 0.507. The summed E-state index contributed by atoms with van der Waals surface area (Å²) < 4.78 is 10.1.